The van der Waals surface area contributed by atoms with Gasteiger partial charge in [0.05, 0.1) is 0 Å². The molecule has 0 aromatic carbocycles. The van der Waals surface area contributed by atoms with E-state index >= 15 is 0 Å². The fourth-order valence-electron chi connectivity index (χ4n) is 2.73. The van der Waals surface area contributed by atoms with Crippen LogP contribution in [-0.2, 0) is 9.47 Å². The molecule has 0 amide bonds. The molecule has 3 heteroatoms. The van der Waals surface area contributed by atoms with Gasteiger partial charge in [-0.25, -0.2) is 0 Å². The van der Waals surface area contributed by atoms with Crippen molar-refractivity contribution in [3.05, 3.63) is 0 Å². The molecular formula is C24H54O3. The molecule has 0 atom stereocenters. The molecule has 0 aliphatic heterocycles. The van der Waals surface area contributed by atoms with Gasteiger partial charge in [-0.15, -0.1) is 0 Å². The van der Waals surface area contributed by atoms with Gasteiger partial charge in [-0.3, -0.25) is 0 Å². The molecule has 0 aliphatic carbocycles. The quantitative estimate of drug-likeness (QED) is 0.202. The summed E-state index contributed by atoms with van der Waals surface area (Å²) in [6.45, 7) is 12.9. The molecule has 0 aromatic rings. The highest BCUT2D eigenvalue weighted by Crippen LogP contribution is 2.02. The van der Waals surface area contributed by atoms with Crippen LogP contribution >= 0.6 is 0 Å². The Hall–Kier alpha value is -0.120. The third-order valence-electron chi connectivity index (χ3n) is 4.57. The average Bonchev–Trinajstić information content (AvgIpc) is 2.66. The molecule has 27 heavy (non-hydrogen) atoms. The fraction of sp³-hybridized carbons (Fsp3) is 1.00. The summed E-state index contributed by atoms with van der Waals surface area (Å²) in [5, 5.41) is 0. The van der Waals surface area contributed by atoms with Crippen molar-refractivity contribution in [2.45, 2.75) is 130 Å². The van der Waals surface area contributed by atoms with E-state index < -0.39 is 0 Å². The highest BCUT2D eigenvalue weighted by atomic mass is 16.5. The van der Waals surface area contributed by atoms with Crippen molar-refractivity contribution in [3.8, 4) is 0 Å². The summed E-state index contributed by atoms with van der Waals surface area (Å²) in [7, 11) is 0. The molecule has 0 spiro atoms. The predicted molar refractivity (Wildman–Crippen MR) is 122 cm³/mol. The van der Waals surface area contributed by atoms with Gasteiger partial charge in [0.2, 0.25) is 0 Å². The Morgan fingerprint density at radius 2 is 0.556 bits per heavy atom. The number of hydrogen-bond acceptors (Lipinski definition) is 2. The summed E-state index contributed by atoms with van der Waals surface area (Å²) in [6, 6.07) is 0. The Labute approximate surface area is 172 Å². The van der Waals surface area contributed by atoms with E-state index in [0.717, 1.165) is 26.4 Å². The average molecular weight is 391 g/mol. The number of ether oxygens (including phenoxy) is 2. The number of rotatable bonds is 20. The second kappa shape index (κ2) is 33.5. The molecule has 168 valence electrons. The van der Waals surface area contributed by atoms with Gasteiger partial charge in [-0.1, -0.05) is 105 Å². The van der Waals surface area contributed by atoms with Gasteiger partial charge in [0.15, 0.2) is 0 Å². The van der Waals surface area contributed by atoms with E-state index in [1.54, 1.807) is 0 Å². The van der Waals surface area contributed by atoms with E-state index in [2.05, 4.69) is 27.7 Å². The van der Waals surface area contributed by atoms with Gasteiger partial charge < -0.3 is 14.9 Å². The molecule has 0 saturated carbocycles. The lowest BCUT2D eigenvalue weighted by Crippen LogP contribution is -1.96. The molecule has 0 aliphatic rings. The van der Waals surface area contributed by atoms with Gasteiger partial charge in [0.25, 0.3) is 0 Å². The van der Waals surface area contributed by atoms with Crippen LogP contribution in [0, 0.1) is 0 Å². The van der Waals surface area contributed by atoms with Gasteiger partial charge in [0, 0.05) is 26.4 Å². The lowest BCUT2D eigenvalue weighted by Gasteiger charge is -2.03. The van der Waals surface area contributed by atoms with E-state index in [9.17, 15) is 0 Å². The van der Waals surface area contributed by atoms with Crippen LogP contribution in [0.5, 0.6) is 0 Å². The van der Waals surface area contributed by atoms with Crippen molar-refractivity contribution >= 4 is 0 Å². The third kappa shape index (κ3) is 37.3. The first kappa shape index (κ1) is 31.6. The van der Waals surface area contributed by atoms with E-state index in [-0.39, 0.29) is 5.48 Å². The maximum absolute atomic E-state index is 5.53. The molecule has 2 N–H and O–H groups in total. The van der Waals surface area contributed by atoms with Crippen LogP contribution < -0.4 is 0 Å². The van der Waals surface area contributed by atoms with Crippen LogP contribution in [0.15, 0.2) is 0 Å². The van der Waals surface area contributed by atoms with E-state index in [1.807, 2.05) is 0 Å². The molecule has 0 radical (unpaired) electrons. The van der Waals surface area contributed by atoms with Crippen molar-refractivity contribution in [1.82, 2.24) is 0 Å². The van der Waals surface area contributed by atoms with Crippen molar-refractivity contribution < 1.29 is 14.9 Å². The van der Waals surface area contributed by atoms with E-state index in [4.69, 9.17) is 9.47 Å². The highest BCUT2D eigenvalue weighted by Gasteiger charge is 1.91. The Morgan fingerprint density at radius 1 is 0.333 bits per heavy atom. The summed E-state index contributed by atoms with van der Waals surface area (Å²) >= 11 is 0. The van der Waals surface area contributed by atoms with E-state index in [1.165, 1.54) is 103 Å². The van der Waals surface area contributed by atoms with Gasteiger partial charge >= 0.3 is 0 Å². The topological polar surface area (TPSA) is 50.0 Å². The van der Waals surface area contributed by atoms with Crippen LogP contribution in [0.1, 0.15) is 130 Å². The fourth-order valence-corrected chi connectivity index (χ4v) is 2.73. The first-order valence-electron chi connectivity index (χ1n) is 12.0. The largest absolute Gasteiger partial charge is 0.412 e. The maximum atomic E-state index is 5.53. The van der Waals surface area contributed by atoms with Crippen LogP contribution in [0.2, 0.25) is 0 Å². The second-order valence-electron chi connectivity index (χ2n) is 7.47. The molecule has 0 fully saturated rings. The van der Waals surface area contributed by atoms with Crippen LogP contribution in [-0.4, -0.2) is 31.9 Å². The summed E-state index contributed by atoms with van der Waals surface area (Å²) in [4.78, 5) is 0. The molecular weight excluding hydrogens is 336 g/mol. The maximum Gasteiger partial charge on any atom is 0.0466 e. The van der Waals surface area contributed by atoms with Crippen molar-refractivity contribution in [2.75, 3.05) is 26.4 Å². The highest BCUT2D eigenvalue weighted by molar-refractivity contribution is 4.43. The van der Waals surface area contributed by atoms with Gasteiger partial charge in [0.1, 0.15) is 0 Å². The zero-order valence-corrected chi connectivity index (χ0v) is 19.5. The first-order chi connectivity index (χ1) is 12.8. The summed E-state index contributed by atoms with van der Waals surface area (Å²) in [6.07, 6.45) is 21.1. The summed E-state index contributed by atoms with van der Waals surface area (Å²) < 4.78 is 11.1. The molecule has 0 unspecified atom stereocenters. The van der Waals surface area contributed by atoms with Crippen molar-refractivity contribution in [1.29, 1.82) is 0 Å². The minimum absolute atomic E-state index is 0. The summed E-state index contributed by atoms with van der Waals surface area (Å²) in [5.74, 6) is 0. The lowest BCUT2D eigenvalue weighted by molar-refractivity contribution is 0.126. The van der Waals surface area contributed by atoms with Crippen LogP contribution in [0.4, 0.5) is 0 Å². The van der Waals surface area contributed by atoms with Crippen molar-refractivity contribution in [2.24, 2.45) is 0 Å². The first-order valence-corrected chi connectivity index (χ1v) is 12.0. The van der Waals surface area contributed by atoms with Crippen LogP contribution in [0.3, 0.4) is 0 Å². The Balaban J connectivity index is -0.000000411. The van der Waals surface area contributed by atoms with Crippen LogP contribution in [0.25, 0.3) is 0 Å². The predicted octanol–water partition coefficient (Wildman–Crippen LogP) is 7.50. The van der Waals surface area contributed by atoms with E-state index in [0.29, 0.717) is 0 Å². The smallest absolute Gasteiger partial charge is 0.0466 e. The molecule has 0 heterocycles. The normalized spacial score (nSPS) is 10.2. The molecule has 0 saturated heterocycles. The molecule has 3 nitrogen and oxygen atoms in total. The minimum Gasteiger partial charge on any atom is -0.412 e. The third-order valence-corrected chi connectivity index (χ3v) is 4.57. The Kier molecular flexibility index (Phi) is 39.1. The summed E-state index contributed by atoms with van der Waals surface area (Å²) in [5.41, 5.74) is 0. The zero-order chi connectivity index (χ0) is 19.6. The molecule has 0 bridgehead atoms. The van der Waals surface area contributed by atoms with Crippen molar-refractivity contribution in [3.63, 3.8) is 0 Å². The number of unbranched alkanes of at least 4 members (excludes halogenated alkanes) is 12. The molecule has 0 rings (SSSR count). The Bertz CT molecular complexity index is 168. The standard InChI is InChI=1S/2C12H26O.H2O/c2*1-3-5-7-9-11-13-12-10-8-6-4-2;/h2*3-12H2,1-2H3;1H2. The molecule has 0 aromatic heterocycles. The van der Waals surface area contributed by atoms with Gasteiger partial charge in [-0.2, -0.15) is 0 Å². The SMILES string of the molecule is CCCCCCOCCCCCC.CCCCCCOCCCCCC.O. The number of hydrogen-bond donors (Lipinski definition) is 0. The minimum atomic E-state index is 0. The second-order valence-corrected chi connectivity index (χ2v) is 7.47. The van der Waals surface area contributed by atoms with Gasteiger partial charge in [-0.05, 0) is 25.7 Å². The Morgan fingerprint density at radius 3 is 0.741 bits per heavy atom. The lowest BCUT2D eigenvalue weighted by atomic mass is 10.2. The monoisotopic (exact) mass is 390 g/mol. The zero-order valence-electron chi connectivity index (χ0n) is 19.5.